The average Bonchev–Trinajstić information content (AvgIpc) is 3.48. The lowest BCUT2D eigenvalue weighted by atomic mass is 9.78. The van der Waals surface area contributed by atoms with Gasteiger partial charge < -0.3 is 18.9 Å². The molecule has 13 heteroatoms. The number of esters is 2. The van der Waals surface area contributed by atoms with E-state index in [2.05, 4.69) is 15.5 Å². The van der Waals surface area contributed by atoms with Crippen LogP contribution in [0.3, 0.4) is 0 Å². The van der Waals surface area contributed by atoms with Gasteiger partial charge in [0.1, 0.15) is 0 Å². The second-order valence-corrected chi connectivity index (χ2v) is 14.2. The van der Waals surface area contributed by atoms with Crippen LogP contribution in [0.15, 0.2) is 5.16 Å². The average molecular weight is 631 g/mol. The zero-order valence-electron chi connectivity index (χ0n) is 27.0. The van der Waals surface area contributed by atoms with E-state index in [-0.39, 0.29) is 49.7 Å². The summed E-state index contributed by atoms with van der Waals surface area (Å²) in [5, 5.41) is 10.9. The van der Waals surface area contributed by atoms with Crippen LogP contribution in [0.2, 0.25) is 0 Å². The number of unbranched alkanes of at least 4 members (excludes halogenated alkanes) is 7. The Balaban J connectivity index is 1.87. The van der Waals surface area contributed by atoms with Crippen molar-refractivity contribution in [2.24, 2.45) is 5.41 Å². The Bertz CT molecular complexity index is 1050. The molecule has 0 N–H and O–H groups in total. The molecule has 1 saturated heterocycles. The van der Waals surface area contributed by atoms with E-state index in [4.69, 9.17) is 18.9 Å². The molecule has 1 unspecified atom stereocenters. The van der Waals surface area contributed by atoms with Crippen LogP contribution in [0, 0.1) is 5.41 Å². The van der Waals surface area contributed by atoms with Crippen LogP contribution < -0.4 is 0 Å². The molecule has 0 aromatic carbocycles. The van der Waals surface area contributed by atoms with Gasteiger partial charge in [-0.3, -0.25) is 9.59 Å². The van der Waals surface area contributed by atoms with Gasteiger partial charge in [-0.15, -0.1) is 0 Å². The summed E-state index contributed by atoms with van der Waals surface area (Å²) in [5.41, 5.74) is -2.19. The van der Waals surface area contributed by atoms with Crippen LogP contribution in [0.25, 0.3) is 0 Å². The van der Waals surface area contributed by atoms with Crippen molar-refractivity contribution in [3.63, 3.8) is 0 Å². The van der Waals surface area contributed by atoms with Crippen LogP contribution in [-0.2, 0) is 43.9 Å². The molecule has 0 spiro atoms. The maximum atomic E-state index is 13.2. The first-order valence-electron chi connectivity index (χ1n) is 16.1. The molecule has 1 fully saturated rings. The molecule has 1 aromatic heterocycles. The zero-order valence-corrected chi connectivity index (χ0v) is 27.8. The molecular formula is C30H54N4O8S. The Morgan fingerprint density at radius 3 is 2.02 bits per heavy atom. The fraction of sp³-hybridized carbons (Fsp3) is 0.900. The third-order valence-corrected chi connectivity index (χ3v) is 9.28. The zero-order chi connectivity index (χ0) is 31.8. The summed E-state index contributed by atoms with van der Waals surface area (Å²) >= 11 is 0. The third-order valence-electron chi connectivity index (χ3n) is 7.64. The van der Waals surface area contributed by atoms with Gasteiger partial charge in [0.05, 0.1) is 24.5 Å². The Morgan fingerprint density at radius 2 is 1.47 bits per heavy atom. The van der Waals surface area contributed by atoms with E-state index in [1.807, 2.05) is 0 Å². The Hall–Kier alpha value is -2.12. The van der Waals surface area contributed by atoms with Gasteiger partial charge in [-0.25, -0.2) is 13.1 Å². The number of ether oxygens (including phenoxy) is 4. The van der Waals surface area contributed by atoms with Gasteiger partial charge in [-0.1, -0.05) is 50.0 Å². The molecule has 43 heavy (non-hydrogen) atoms. The standard InChI is InChI=1S/C30H54N4O8S/c1-6-39-26(35)30(27(36)40-7-2,21-18-24-43(37,38)28-31-32-33-34(28)29(3,4)5)20-15-12-10-8-9-11-13-16-22-41-25-19-14-17-23-42-25/h25H,6-24H2,1-5H3. The number of carbonyl (C=O) groups is 2. The molecule has 0 amide bonds. The van der Waals surface area contributed by atoms with Gasteiger partial charge in [-0.2, -0.15) is 0 Å². The summed E-state index contributed by atoms with van der Waals surface area (Å²) < 4.78 is 49.6. The number of carbonyl (C=O) groups excluding carboxylic acids is 2. The number of aromatic nitrogens is 4. The Kier molecular flexibility index (Phi) is 16.1. The van der Waals surface area contributed by atoms with E-state index >= 15 is 0 Å². The van der Waals surface area contributed by atoms with Crippen molar-refractivity contribution in [2.45, 2.75) is 141 Å². The molecule has 1 aliphatic rings. The van der Waals surface area contributed by atoms with E-state index in [0.29, 0.717) is 6.42 Å². The molecule has 248 valence electrons. The summed E-state index contributed by atoms with van der Waals surface area (Å²) in [7, 11) is -3.87. The second kappa shape index (κ2) is 18.6. The van der Waals surface area contributed by atoms with Gasteiger partial charge in [0, 0.05) is 13.2 Å². The lowest BCUT2D eigenvalue weighted by molar-refractivity contribution is -0.173. The van der Waals surface area contributed by atoms with E-state index in [0.717, 1.165) is 71.0 Å². The van der Waals surface area contributed by atoms with Crippen LogP contribution >= 0.6 is 0 Å². The molecule has 2 heterocycles. The van der Waals surface area contributed by atoms with Crippen LogP contribution in [0.5, 0.6) is 0 Å². The highest BCUT2D eigenvalue weighted by atomic mass is 32.2. The van der Waals surface area contributed by atoms with Crippen molar-refractivity contribution in [1.82, 2.24) is 20.2 Å². The quantitative estimate of drug-likeness (QED) is 0.101. The fourth-order valence-corrected chi connectivity index (χ4v) is 6.69. The minimum Gasteiger partial charge on any atom is -0.465 e. The minimum absolute atomic E-state index is 0.00501. The smallest absolute Gasteiger partial charge is 0.323 e. The predicted molar refractivity (Wildman–Crippen MR) is 161 cm³/mol. The van der Waals surface area contributed by atoms with Crippen molar-refractivity contribution in [1.29, 1.82) is 0 Å². The monoisotopic (exact) mass is 630 g/mol. The Morgan fingerprint density at radius 1 is 0.884 bits per heavy atom. The molecule has 1 aliphatic heterocycles. The third kappa shape index (κ3) is 12.1. The molecule has 1 atom stereocenters. The Labute approximate surface area is 257 Å². The highest BCUT2D eigenvalue weighted by Crippen LogP contribution is 2.35. The molecule has 12 nitrogen and oxygen atoms in total. The fourth-order valence-electron chi connectivity index (χ4n) is 5.25. The number of rotatable bonds is 21. The highest BCUT2D eigenvalue weighted by molar-refractivity contribution is 7.91. The predicted octanol–water partition coefficient (Wildman–Crippen LogP) is 5.15. The van der Waals surface area contributed by atoms with Crippen molar-refractivity contribution in [3.8, 4) is 0 Å². The van der Waals surface area contributed by atoms with Crippen molar-refractivity contribution in [3.05, 3.63) is 0 Å². The molecule has 0 radical (unpaired) electrons. The second-order valence-electron chi connectivity index (χ2n) is 12.2. The maximum absolute atomic E-state index is 13.2. The summed E-state index contributed by atoms with van der Waals surface area (Å²) in [6, 6.07) is 0. The van der Waals surface area contributed by atoms with Crippen LogP contribution in [0.1, 0.15) is 125 Å². The summed E-state index contributed by atoms with van der Waals surface area (Å²) in [6.45, 7) is 10.5. The maximum Gasteiger partial charge on any atom is 0.323 e. The van der Waals surface area contributed by atoms with E-state index in [1.54, 1.807) is 34.6 Å². The summed E-state index contributed by atoms with van der Waals surface area (Å²) in [6.07, 6.45) is 11.5. The lowest BCUT2D eigenvalue weighted by Gasteiger charge is -2.29. The van der Waals surface area contributed by atoms with Crippen LogP contribution in [-0.4, -0.2) is 79.0 Å². The molecule has 2 rings (SSSR count). The number of nitrogens with zero attached hydrogens (tertiary/aromatic N) is 4. The van der Waals surface area contributed by atoms with Crippen LogP contribution in [0.4, 0.5) is 0 Å². The number of hydrogen-bond acceptors (Lipinski definition) is 11. The van der Waals surface area contributed by atoms with Gasteiger partial charge in [0.25, 0.3) is 5.16 Å². The van der Waals surface area contributed by atoms with E-state index in [1.165, 1.54) is 11.1 Å². The lowest BCUT2D eigenvalue weighted by Crippen LogP contribution is -2.42. The van der Waals surface area contributed by atoms with Crippen molar-refractivity contribution in [2.75, 3.05) is 32.2 Å². The van der Waals surface area contributed by atoms with E-state index < -0.39 is 32.7 Å². The topological polar surface area (TPSA) is 149 Å². The van der Waals surface area contributed by atoms with Gasteiger partial charge in [0.15, 0.2) is 11.7 Å². The first kappa shape index (κ1) is 37.1. The van der Waals surface area contributed by atoms with Crippen molar-refractivity contribution >= 4 is 21.8 Å². The van der Waals surface area contributed by atoms with Crippen molar-refractivity contribution < 1.29 is 37.0 Å². The molecule has 0 saturated carbocycles. The highest BCUT2D eigenvalue weighted by Gasteiger charge is 2.48. The molecule has 0 aliphatic carbocycles. The van der Waals surface area contributed by atoms with Gasteiger partial charge >= 0.3 is 11.9 Å². The molecular weight excluding hydrogens is 576 g/mol. The number of tetrazole rings is 1. The number of hydrogen-bond donors (Lipinski definition) is 0. The number of sulfone groups is 1. The molecule has 1 aromatic rings. The summed E-state index contributed by atoms with van der Waals surface area (Å²) in [4.78, 5) is 26.4. The SMILES string of the molecule is CCOC(=O)C(CCCCCCCCCCOC1CCCCO1)(CCCS(=O)(=O)c1nnnn1C(C)(C)C)C(=O)OCC. The first-order chi connectivity index (χ1) is 20.5. The van der Waals surface area contributed by atoms with Gasteiger partial charge in [-0.05, 0) is 90.0 Å². The minimum atomic E-state index is -3.87. The van der Waals surface area contributed by atoms with E-state index in [9.17, 15) is 18.0 Å². The summed E-state index contributed by atoms with van der Waals surface area (Å²) in [5.74, 6) is -1.64. The van der Waals surface area contributed by atoms with Gasteiger partial charge in [0.2, 0.25) is 9.84 Å². The normalized spacial score (nSPS) is 16.3. The first-order valence-corrected chi connectivity index (χ1v) is 17.7. The largest absolute Gasteiger partial charge is 0.465 e. The molecule has 0 bridgehead atoms.